The first-order chi connectivity index (χ1) is 8.90. The maximum atomic E-state index is 13.5. The van der Waals surface area contributed by atoms with E-state index in [9.17, 15) is 12.8 Å². The summed E-state index contributed by atoms with van der Waals surface area (Å²) in [5.41, 5.74) is 5.94. The lowest BCUT2D eigenvalue weighted by Crippen LogP contribution is -2.48. The van der Waals surface area contributed by atoms with E-state index in [0.29, 0.717) is 26.3 Å². The summed E-state index contributed by atoms with van der Waals surface area (Å²) >= 11 is 0. The molecule has 0 aliphatic carbocycles. The van der Waals surface area contributed by atoms with Gasteiger partial charge in [0.1, 0.15) is 5.82 Å². The molecular weight excluding hydrogens is 273 g/mol. The number of nitrogen functional groups attached to an aromatic ring is 1. The molecule has 1 aromatic carbocycles. The lowest BCUT2D eigenvalue weighted by molar-refractivity contribution is 0.0272. The lowest BCUT2D eigenvalue weighted by Gasteiger charge is -2.26. The molecule has 0 saturated carbocycles. The lowest BCUT2D eigenvalue weighted by atomic mass is 10.2. The van der Waals surface area contributed by atoms with Gasteiger partial charge in [-0.1, -0.05) is 0 Å². The number of hydrazine groups is 1. The van der Waals surface area contributed by atoms with Crippen LogP contribution in [-0.2, 0) is 14.8 Å². The highest BCUT2D eigenvalue weighted by Crippen LogP contribution is 2.21. The van der Waals surface area contributed by atoms with Gasteiger partial charge in [0.15, 0.2) is 0 Å². The summed E-state index contributed by atoms with van der Waals surface area (Å²) < 4.78 is 42.9. The van der Waals surface area contributed by atoms with Gasteiger partial charge >= 0.3 is 0 Å². The molecule has 1 heterocycles. The smallest absolute Gasteiger partial charge is 0.253 e. The van der Waals surface area contributed by atoms with Gasteiger partial charge in [-0.15, -0.1) is 4.83 Å². The molecule has 0 aromatic heterocycles. The summed E-state index contributed by atoms with van der Waals surface area (Å²) in [5.74, 6) is -0.637. The summed E-state index contributed by atoms with van der Waals surface area (Å²) in [6.07, 6.45) is 0. The first-order valence-electron chi connectivity index (χ1n) is 5.81. The first-order valence-corrected chi connectivity index (χ1v) is 7.29. The van der Waals surface area contributed by atoms with Gasteiger partial charge < -0.3 is 10.5 Å². The number of anilines is 1. The summed E-state index contributed by atoms with van der Waals surface area (Å²) in [6.45, 7) is 3.29. The van der Waals surface area contributed by atoms with Gasteiger partial charge in [-0.2, -0.15) is 0 Å². The Morgan fingerprint density at radius 3 is 2.58 bits per heavy atom. The highest BCUT2D eigenvalue weighted by Gasteiger charge is 2.21. The van der Waals surface area contributed by atoms with Gasteiger partial charge in [0.05, 0.1) is 18.1 Å². The molecule has 6 nitrogen and oxygen atoms in total. The molecule has 0 amide bonds. The number of nitrogens with two attached hydrogens (primary N) is 1. The van der Waals surface area contributed by atoms with E-state index in [4.69, 9.17) is 10.5 Å². The largest absolute Gasteiger partial charge is 0.398 e. The number of benzene rings is 1. The number of sulfonamides is 1. The number of rotatable bonds is 3. The van der Waals surface area contributed by atoms with Crippen LogP contribution >= 0.6 is 0 Å². The van der Waals surface area contributed by atoms with Crippen LogP contribution in [0, 0.1) is 12.7 Å². The van der Waals surface area contributed by atoms with Crippen LogP contribution in [0.3, 0.4) is 0 Å². The van der Waals surface area contributed by atoms with Crippen molar-refractivity contribution >= 4 is 15.7 Å². The summed E-state index contributed by atoms with van der Waals surface area (Å²) in [7, 11) is -3.82. The van der Waals surface area contributed by atoms with Crippen LogP contribution < -0.4 is 10.6 Å². The van der Waals surface area contributed by atoms with Gasteiger partial charge in [-0.25, -0.2) is 17.8 Å². The van der Waals surface area contributed by atoms with E-state index in [0.717, 1.165) is 6.07 Å². The van der Waals surface area contributed by atoms with E-state index in [1.54, 1.807) is 0 Å². The fourth-order valence-electron chi connectivity index (χ4n) is 1.71. The van der Waals surface area contributed by atoms with Crippen LogP contribution in [0.15, 0.2) is 17.0 Å². The maximum Gasteiger partial charge on any atom is 0.253 e. The monoisotopic (exact) mass is 289 g/mol. The third kappa shape index (κ3) is 3.21. The molecule has 0 unspecified atom stereocenters. The Labute approximate surface area is 111 Å². The van der Waals surface area contributed by atoms with E-state index in [1.165, 1.54) is 18.0 Å². The molecule has 0 atom stereocenters. The number of morpholine rings is 1. The Kier molecular flexibility index (Phi) is 4.04. The van der Waals surface area contributed by atoms with Crippen molar-refractivity contribution in [3.05, 3.63) is 23.5 Å². The molecule has 1 saturated heterocycles. The molecule has 2 rings (SSSR count). The Hall–Kier alpha value is -1.22. The third-order valence-electron chi connectivity index (χ3n) is 2.93. The predicted octanol–water partition coefficient (Wildman–Crippen LogP) is 0.242. The van der Waals surface area contributed by atoms with E-state index in [-0.39, 0.29) is 16.1 Å². The van der Waals surface area contributed by atoms with Crippen LogP contribution in [-0.4, -0.2) is 39.7 Å². The van der Waals surface area contributed by atoms with Crippen LogP contribution in [0.2, 0.25) is 0 Å². The molecule has 0 bridgehead atoms. The van der Waals surface area contributed by atoms with Crippen molar-refractivity contribution in [2.45, 2.75) is 11.8 Å². The SMILES string of the molecule is Cc1c(N)cc(S(=O)(=O)NN2CCOCC2)cc1F. The molecular formula is C11H16FN3O3S. The van der Waals surface area contributed by atoms with E-state index >= 15 is 0 Å². The second kappa shape index (κ2) is 5.41. The van der Waals surface area contributed by atoms with Crippen LogP contribution in [0.1, 0.15) is 5.56 Å². The minimum Gasteiger partial charge on any atom is -0.398 e. The minimum atomic E-state index is -3.82. The summed E-state index contributed by atoms with van der Waals surface area (Å²) in [5, 5.41) is 1.52. The molecule has 19 heavy (non-hydrogen) atoms. The maximum absolute atomic E-state index is 13.5. The highest BCUT2D eigenvalue weighted by molar-refractivity contribution is 7.89. The number of nitrogens with zero attached hydrogens (tertiary/aromatic N) is 1. The minimum absolute atomic E-state index is 0.113. The zero-order valence-electron chi connectivity index (χ0n) is 10.5. The van der Waals surface area contributed by atoms with Crippen molar-refractivity contribution in [2.24, 2.45) is 0 Å². The fraction of sp³-hybridized carbons (Fsp3) is 0.455. The molecule has 1 aliphatic heterocycles. The Morgan fingerprint density at radius 2 is 2.00 bits per heavy atom. The second-order valence-electron chi connectivity index (χ2n) is 4.31. The Bertz CT molecular complexity index is 548. The van der Waals surface area contributed by atoms with Crippen LogP contribution in [0.4, 0.5) is 10.1 Å². The molecule has 8 heteroatoms. The quantitative estimate of drug-likeness (QED) is 0.779. The number of nitrogens with one attached hydrogen (secondary N) is 1. The van der Waals surface area contributed by atoms with E-state index in [1.807, 2.05) is 0 Å². The number of hydrogen-bond donors (Lipinski definition) is 2. The average molecular weight is 289 g/mol. The molecule has 1 aliphatic rings. The highest BCUT2D eigenvalue weighted by atomic mass is 32.2. The zero-order valence-corrected chi connectivity index (χ0v) is 11.3. The average Bonchev–Trinajstić information content (AvgIpc) is 2.36. The molecule has 1 fully saturated rings. The van der Waals surface area contributed by atoms with Gasteiger partial charge in [-0.3, -0.25) is 0 Å². The van der Waals surface area contributed by atoms with Gasteiger partial charge in [-0.05, 0) is 19.1 Å². The normalized spacial score (nSPS) is 17.6. The molecule has 0 spiro atoms. The van der Waals surface area contributed by atoms with Crippen LogP contribution in [0.25, 0.3) is 0 Å². The van der Waals surface area contributed by atoms with Crippen LogP contribution in [0.5, 0.6) is 0 Å². The fourth-order valence-corrected chi connectivity index (χ4v) is 2.88. The standard InChI is InChI=1S/C11H16FN3O3S/c1-8-10(12)6-9(7-11(8)13)19(16,17)14-15-2-4-18-5-3-15/h6-7,14H,2-5,13H2,1H3. The van der Waals surface area contributed by atoms with Crippen molar-refractivity contribution < 1.29 is 17.5 Å². The van der Waals surface area contributed by atoms with E-state index < -0.39 is 15.8 Å². The van der Waals surface area contributed by atoms with E-state index in [2.05, 4.69) is 4.83 Å². The van der Waals surface area contributed by atoms with Crippen molar-refractivity contribution in [1.29, 1.82) is 0 Å². The Morgan fingerprint density at radius 1 is 1.37 bits per heavy atom. The number of ether oxygens (including phenoxy) is 1. The van der Waals surface area contributed by atoms with Gasteiger partial charge in [0.25, 0.3) is 10.0 Å². The first kappa shape index (κ1) is 14.2. The molecule has 0 radical (unpaired) electrons. The summed E-state index contributed by atoms with van der Waals surface area (Å²) in [6, 6.07) is 2.22. The van der Waals surface area contributed by atoms with Gasteiger partial charge in [0.2, 0.25) is 0 Å². The number of halogens is 1. The van der Waals surface area contributed by atoms with Crippen molar-refractivity contribution in [1.82, 2.24) is 9.84 Å². The third-order valence-corrected chi connectivity index (χ3v) is 4.28. The molecule has 3 N–H and O–H groups in total. The number of hydrogen-bond acceptors (Lipinski definition) is 5. The van der Waals surface area contributed by atoms with Crippen molar-refractivity contribution in [2.75, 3.05) is 32.0 Å². The van der Waals surface area contributed by atoms with Crippen molar-refractivity contribution in [3.8, 4) is 0 Å². The topological polar surface area (TPSA) is 84.7 Å². The second-order valence-corrected chi connectivity index (χ2v) is 5.97. The molecule has 106 valence electrons. The molecule has 1 aromatic rings. The van der Waals surface area contributed by atoms with Gasteiger partial charge in [0, 0.05) is 24.3 Å². The Balaban J connectivity index is 2.24. The van der Waals surface area contributed by atoms with Crippen molar-refractivity contribution in [3.63, 3.8) is 0 Å². The summed E-state index contributed by atoms with van der Waals surface area (Å²) in [4.78, 5) is 2.21. The predicted molar refractivity (Wildman–Crippen MR) is 68.3 cm³/mol. The zero-order chi connectivity index (χ0) is 14.0.